The second-order valence-corrected chi connectivity index (χ2v) is 18.1. The van der Waals surface area contributed by atoms with Gasteiger partial charge in [0, 0.05) is 19.4 Å². The normalized spacial score (nSPS) is 13.2. The summed E-state index contributed by atoms with van der Waals surface area (Å²) in [4.78, 5) is 25.5. The molecule has 0 aromatic heterocycles. The van der Waals surface area contributed by atoms with Crippen LogP contribution in [0.25, 0.3) is 0 Å². The molecule has 0 saturated carbocycles. The molecule has 5 nitrogen and oxygen atoms in total. The van der Waals surface area contributed by atoms with E-state index in [1.807, 2.05) is 6.08 Å². The summed E-state index contributed by atoms with van der Waals surface area (Å²) in [5.41, 5.74) is 0. The molecule has 0 N–H and O–H groups in total. The first-order valence-electron chi connectivity index (χ1n) is 28.1. The zero-order valence-corrected chi connectivity index (χ0v) is 44.3. The molecule has 0 amide bonds. The van der Waals surface area contributed by atoms with E-state index in [2.05, 4.69) is 136 Å². The Morgan fingerprint density at radius 1 is 0.338 bits per heavy atom. The Morgan fingerprint density at radius 3 is 1.16 bits per heavy atom. The topological polar surface area (TPSA) is 61.8 Å². The van der Waals surface area contributed by atoms with Crippen molar-refractivity contribution in [2.45, 2.75) is 245 Å². The lowest BCUT2D eigenvalue weighted by molar-refractivity contribution is -0.162. The molecule has 0 bridgehead atoms. The van der Waals surface area contributed by atoms with Gasteiger partial charge in [0.05, 0.1) is 6.61 Å². The fourth-order valence-corrected chi connectivity index (χ4v) is 7.30. The highest BCUT2D eigenvalue weighted by Gasteiger charge is 2.17. The molecule has 0 aliphatic heterocycles. The summed E-state index contributed by atoms with van der Waals surface area (Å²) in [5.74, 6) is -0.516. The van der Waals surface area contributed by atoms with Crippen molar-refractivity contribution in [1.82, 2.24) is 0 Å². The van der Waals surface area contributed by atoms with Crippen molar-refractivity contribution in [2.24, 2.45) is 0 Å². The van der Waals surface area contributed by atoms with E-state index in [1.165, 1.54) is 109 Å². The molecule has 0 aliphatic carbocycles. The second-order valence-electron chi connectivity index (χ2n) is 18.1. The summed E-state index contributed by atoms with van der Waals surface area (Å²) in [5, 5.41) is 0. The Kier molecular flexibility index (Phi) is 54.5. The summed E-state index contributed by atoms with van der Waals surface area (Å²) >= 11 is 0. The van der Waals surface area contributed by atoms with Crippen LogP contribution in [0.2, 0.25) is 0 Å². The van der Waals surface area contributed by atoms with Crippen LogP contribution in [0.15, 0.2) is 122 Å². The van der Waals surface area contributed by atoms with Gasteiger partial charge >= 0.3 is 11.9 Å². The number of allylic oxidation sites excluding steroid dienone is 20. The number of unbranched alkanes of at least 4 members (excludes halogenated alkanes) is 19. The Morgan fingerprint density at radius 2 is 0.691 bits per heavy atom. The lowest BCUT2D eigenvalue weighted by atomic mass is 10.1. The van der Waals surface area contributed by atoms with Crippen LogP contribution in [0.5, 0.6) is 0 Å². The number of rotatable bonds is 50. The summed E-state index contributed by atoms with van der Waals surface area (Å²) in [6, 6.07) is 0. The van der Waals surface area contributed by atoms with Crippen LogP contribution in [0, 0.1) is 0 Å². The number of carbonyl (C=O) groups excluding carboxylic acids is 2. The Bertz CT molecular complexity index is 1390. The fraction of sp³-hybridized carbons (Fsp3) is 0.651. The molecule has 0 aromatic rings. The molecule has 0 aliphatic rings. The first-order chi connectivity index (χ1) is 33.6. The van der Waals surface area contributed by atoms with Crippen molar-refractivity contribution in [3.05, 3.63) is 122 Å². The number of carbonyl (C=O) groups is 2. The highest BCUT2D eigenvalue weighted by atomic mass is 16.6. The van der Waals surface area contributed by atoms with E-state index in [9.17, 15) is 9.59 Å². The van der Waals surface area contributed by atoms with Gasteiger partial charge in [0.25, 0.3) is 0 Å². The van der Waals surface area contributed by atoms with Crippen molar-refractivity contribution < 1.29 is 23.8 Å². The first-order valence-corrected chi connectivity index (χ1v) is 28.1. The molecule has 0 spiro atoms. The SMILES string of the molecule is CC/C=C\C/C=C\C/C=C\C/C=C\C/C=C\C/C=C\CCC(=O)OCC(COCCCCCCCC/C=C\CCCCCC)OC(=O)CCCCCCCC/C=C\C/C=C\C/C=C\CCCCC. The maximum Gasteiger partial charge on any atom is 0.306 e. The highest BCUT2D eigenvalue weighted by Crippen LogP contribution is 2.13. The lowest BCUT2D eigenvalue weighted by Crippen LogP contribution is -2.30. The predicted molar refractivity (Wildman–Crippen MR) is 297 cm³/mol. The van der Waals surface area contributed by atoms with Crippen molar-refractivity contribution in [1.29, 1.82) is 0 Å². The van der Waals surface area contributed by atoms with Crippen molar-refractivity contribution >= 4 is 11.9 Å². The molecule has 0 rings (SSSR count). The van der Waals surface area contributed by atoms with Crippen molar-refractivity contribution in [2.75, 3.05) is 19.8 Å². The standard InChI is InChI=1S/C63H104O5/c1-4-7-10-13-16-19-22-25-28-30-32-34-36-38-41-44-47-50-53-56-62(64)67-60-61(59-66-58-55-52-49-46-43-40-27-24-21-18-15-12-9-6-3)68-63(65)57-54-51-48-45-42-39-37-35-33-31-29-26-23-20-17-14-11-8-5-2/h7,10,16-17,19-21,24-26,28-29,32-35,38,41,47,50,61H,4-6,8-9,11-15,18,22-23,27,30-31,36-37,39-40,42-46,48-49,51-60H2,1-3H3/b10-7-,19-16-,20-17-,24-21-,28-25-,29-26-,34-32-,35-33-,41-38-,50-47-. The average Bonchev–Trinajstić information content (AvgIpc) is 3.34. The molecular weight excluding hydrogens is 837 g/mol. The van der Waals surface area contributed by atoms with E-state index >= 15 is 0 Å². The van der Waals surface area contributed by atoms with E-state index in [-0.39, 0.29) is 25.2 Å². The monoisotopic (exact) mass is 941 g/mol. The second kappa shape index (κ2) is 57.6. The van der Waals surface area contributed by atoms with Crippen LogP contribution >= 0.6 is 0 Å². The van der Waals surface area contributed by atoms with Crippen LogP contribution in [0.3, 0.4) is 0 Å². The molecule has 0 saturated heterocycles. The zero-order chi connectivity index (χ0) is 49.2. The van der Waals surface area contributed by atoms with Gasteiger partial charge in [-0.3, -0.25) is 9.59 Å². The highest BCUT2D eigenvalue weighted by molar-refractivity contribution is 5.70. The Labute approximate surface area is 420 Å². The van der Waals surface area contributed by atoms with Crippen LogP contribution in [-0.2, 0) is 23.8 Å². The van der Waals surface area contributed by atoms with Crippen molar-refractivity contribution in [3.8, 4) is 0 Å². The van der Waals surface area contributed by atoms with Crippen LogP contribution < -0.4 is 0 Å². The summed E-state index contributed by atoms with van der Waals surface area (Å²) in [6.45, 7) is 7.56. The number of hydrogen-bond acceptors (Lipinski definition) is 5. The van der Waals surface area contributed by atoms with Gasteiger partial charge in [0.1, 0.15) is 6.61 Å². The molecule has 0 radical (unpaired) electrons. The molecule has 0 aromatic carbocycles. The molecular formula is C63H104O5. The minimum atomic E-state index is -0.585. The maximum atomic E-state index is 12.9. The third-order valence-electron chi connectivity index (χ3n) is 11.5. The molecule has 1 unspecified atom stereocenters. The smallest absolute Gasteiger partial charge is 0.306 e. The number of hydrogen-bond donors (Lipinski definition) is 0. The largest absolute Gasteiger partial charge is 0.462 e. The molecule has 1 atom stereocenters. The van der Waals surface area contributed by atoms with Gasteiger partial charge in [-0.05, 0) is 122 Å². The Hall–Kier alpha value is -3.70. The minimum Gasteiger partial charge on any atom is -0.462 e. The molecule has 386 valence electrons. The fourth-order valence-electron chi connectivity index (χ4n) is 7.30. The van der Waals surface area contributed by atoms with Crippen LogP contribution in [-0.4, -0.2) is 37.9 Å². The predicted octanol–water partition coefficient (Wildman–Crippen LogP) is 19.3. The quantitative estimate of drug-likeness (QED) is 0.0345. The van der Waals surface area contributed by atoms with Gasteiger partial charge in [0.2, 0.25) is 0 Å². The van der Waals surface area contributed by atoms with Gasteiger partial charge in [-0.15, -0.1) is 0 Å². The van der Waals surface area contributed by atoms with E-state index < -0.39 is 6.10 Å². The van der Waals surface area contributed by atoms with Crippen molar-refractivity contribution in [3.63, 3.8) is 0 Å². The molecule has 5 heteroatoms. The summed E-state index contributed by atoms with van der Waals surface area (Å²) in [6.07, 6.45) is 80.8. The van der Waals surface area contributed by atoms with Gasteiger partial charge in [-0.25, -0.2) is 0 Å². The third-order valence-corrected chi connectivity index (χ3v) is 11.5. The van der Waals surface area contributed by atoms with Gasteiger partial charge < -0.3 is 14.2 Å². The average molecular weight is 942 g/mol. The lowest BCUT2D eigenvalue weighted by Gasteiger charge is -2.18. The molecule has 0 heterocycles. The van der Waals surface area contributed by atoms with E-state index in [0.717, 1.165) is 89.9 Å². The van der Waals surface area contributed by atoms with Gasteiger partial charge in [0.15, 0.2) is 6.10 Å². The summed E-state index contributed by atoms with van der Waals surface area (Å²) < 4.78 is 17.4. The van der Waals surface area contributed by atoms with Gasteiger partial charge in [-0.1, -0.05) is 226 Å². The first kappa shape index (κ1) is 64.3. The number of ether oxygens (including phenoxy) is 3. The Balaban J connectivity index is 4.44. The van der Waals surface area contributed by atoms with E-state index in [1.54, 1.807) is 0 Å². The summed E-state index contributed by atoms with van der Waals surface area (Å²) in [7, 11) is 0. The zero-order valence-electron chi connectivity index (χ0n) is 44.3. The maximum absolute atomic E-state index is 12.9. The third kappa shape index (κ3) is 54.9. The van der Waals surface area contributed by atoms with E-state index in [4.69, 9.17) is 14.2 Å². The minimum absolute atomic E-state index is 0.0305. The molecule has 68 heavy (non-hydrogen) atoms. The van der Waals surface area contributed by atoms with E-state index in [0.29, 0.717) is 25.9 Å². The van der Waals surface area contributed by atoms with Crippen LogP contribution in [0.4, 0.5) is 0 Å². The molecule has 0 fully saturated rings. The number of esters is 2. The van der Waals surface area contributed by atoms with Gasteiger partial charge in [-0.2, -0.15) is 0 Å². The van der Waals surface area contributed by atoms with Crippen LogP contribution in [0.1, 0.15) is 239 Å².